The average molecular weight is 284 g/mol. The molecule has 2 rings (SSSR count). The normalized spacial score (nSPS) is 11.7. The molecule has 0 saturated carbocycles. The summed E-state index contributed by atoms with van der Waals surface area (Å²) < 4.78 is 0. The van der Waals surface area contributed by atoms with Gasteiger partial charge in [0.25, 0.3) is 0 Å². The Bertz CT molecular complexity index is 633. The van der Waals surface area contributed by atoms with Crippen LogP contribution >= 0.6 is 11.8 Å². The fourth-order valence-corrected chi connectivity index (χ4v) is 2.75. The van der Waals surface area contributed by atoms with E-state index in [-0.39, 0.29) is 0 Å². The minimum absolute atomic E-state index is 0.608. The first kappa shape index (κ1) is 14.7. The van der Waals surface area contributed by atoms with E-state index in [1.807, 2.05) is 18.2 Å². The highest BCUT2D eigenvalue weighted by Crippen LogP contribution is 2.20. The summed E-state index contributed by atoms with van der Waals surface area (Å²) in [7, 11) is 0. The number of hydrogen-bond acceptors (Lipinski definition) is 2. The summed E-state index contributed by atoms with van der Waals surface area (Å²) in [5.74, 6) is 0.856. The lowest BCUT2D eigenvalue weighted by Crippen LogP contribution is -2.06. The van der Waals surface area contributed by atoms with Crippen molar-refractivity contribution < 1.29 is 0 Å². The summed E-state index contributed by atoms with van der Waals surface area (Å²) in [5.41, 5.74) is 12.0. The first-order chi connectivity index (χ1) is 9.54. The highest BCUT2D eigenvalue weighted by molar-refractivity contribution is 8.13. The predicted octanol–water partition coefficient (Wildman–Crippen LogP) is 4.49. The van der Waals surface area contributed by atoms with Crippen molar-refractivity contribution in [3.8, 4) is 0 Å². The summed E-state index contributed by atoms with van der Waals surface area (Å²) in [6.07, 6.45) is 0. The standard InChI is InChI=1S/C17H20N2S/c1-12-5-4-6-16(10-12)19-17(18)20-11-15-9-13(2)7-8-14(15)3/h4-10H,11H2,1-3H3,(H2,18,19). The molecule has 0 unspecified atom stereocenters. The first-order valence-corrected chi connectivity index (χ1v) is 7.63. The Morgan fingerprint density at radius 3 is 2.55 bits per heavy atom. The van der Waals surface area contributed by atoms with Crippen molar-refractivity contribution in [2.75, 3.05) is 0 Å². The maximum Gasteiger partial charge on any atom is 0.159 e. The second-order valence-electron chi connectivity index (χ2n) is 5.01. The van der Waals surface area contributed by atoms with Crippen molar-refractivity contribution in [2.45, 2.75) is 26.5 Å². The zero-order chi connectivity index (χ0) is 14.5. The van der Waals surface area contributed by atoms with Crippen LogP contribution in [0.25, 0.3) is 0 Å². The number of hydrogen-bond donors (Lipinski definition) is 1. The van der Waals surface area contributed by atoms with Crippen molar-refractivity contribution in [3.63, 3.8) is 0 Å². The topological polar surface area (TPSA) is 38.4 Å². The lowest BCUT2D eigenvalue weighted by atomic mass is 10.1. The minimum Gasteiger partial charge on any atom is -0.378 e. The fraction of sp³-hybridized carbons (Fsp3) is 0.235. The molecule has 0 aromatic heterocycles. The number of thioether (sulfide) groups is 1. The molecule has 3 heteroatoms. The molecule has 0 atom stereocenters. The molecule has 0 spiro atoms. The van der Waals surface area contributed by atoms with Crippen LogP contribution in [0.3, 0.4) is 0 Å². The van der Waals surface area contributed by atoms with Crippen LogP contribution in [-0.4, -0.2) is 5.17 Å². The van der Waals surface area contributed by atoms with Gasteiger partial charge in [0.1, 0.15) is 0 Å². The van der Waals surface area contributed by atoms with E-state index < -0.39 is 0 Å². The van der Waals surface area contributed by atoms with Gasteiger partial charge < -0.3 is 5.73 Å². The van der Waals surface area contributed by atoms with Gasteiger partial charge in [0.05, 0.1) is 5.69 Å². The zero-order valence-electron chi connectivity index (χ0n) is 12.2. The quantitative estimate of drug-likeness (QED) is 0.666. The molecule has 2 N–H and O–H groups in total. The van der Waals surface area contributed by atoms with Crippen LogP contribution in [0.5, 0.6) is 0 Å². The van der Waals surface area contributed by atoms with Crippen molar-refractivity contribution in [1.29, 1.82) is 0 Å². The van der Waals surface area contributed by atoms with Gasteiger partial charge in [0.2, 0.25) is 0 Å². The molecule has 0 radical (unpaired) electrons. The van der Waals surface area contributed by atoms with E-state index in [0.717, 1.165) is 11.4 Å². The van der Waals surface area contributed by atoms with Crippen LogP contribution in [0.4, 0.5) is 5.69 Å². The summed E-state index contributed by atoms with van der Waals surface area (Å²) in [4.78, 5) is 4.44. The molecular weight excluding hydrogens is 264 g/mol. The smallest absolute Gasteiger partial charge is 0.159 e. The van der Waals surface area contributed by atoms with Crippen molar-refractivity contribution >= 4 is 22.6 Å². The monoisotopic (exact) mass is 284 g/mol. The van der Waals surface area contributed by atoms with Crippen LogP contribution in [0.15, 0.2) is 47.5 Å². The van der Waals surface area contributed by atoms with Crippen LogP contribution in [0.2, 0.25) is 0 Å². The SMILES string of the molecule is Cc1cccc(N=C(N)SCc2cc(C)ccc2C)c1. The lowest BCUT2D eigenvalue weighted by Gasteiger charge is -2.06. The Hall–Kier alpha value is -1.74. The highest BCUT2D eigenvalue weighted by atomic mass is 32.2. The molecule has 20 heavy (non-hydrogen) atoms. The van der Waals surface area contributed by atoms with Gasteiger partial charge in [-0.3, -0.25) is 0 Å². The molecule has 0 aliphatic rings. The Balaban J connectivity index is 2.05. The molecule has 104 valence electrons. The average Bonchev–Trinajstić information content (AvgIpc) is 2.40. The molecule has 0 bridgehead atoms. The Morgan fingerprint density at radius 2 is 1.80 bits per heavy atom. The second-order valence-corrected chi connectivity index (χ2v) is 6.00. The third-order valence-corrected chi connectivity index (χ3v) is 3.96. The molecule has 0 saturated heterocycles. The maximum atomic E-state index is 6.00. The van der Waals surface area contributed by atoms with Gasteiger partial charge in [0.15, 0.2) is 5.17 Å². The molecule has 0 aliphatic carbocycles. The number of nitrogens with two attached hydrogens (primary N) is 1. The number of aryl methyl sites for hydroxylation is 3. The summed E-state index contributed by atoms with van der Waals surface area (Å²) in [6, 6.07) is 14.5. The highest BCUT2D eigenvalue weighted by Gasteiger charge is 2.02. The third-order valence-electron chi connectivity index (χ3n) is 3.12. The number of aliphatic imine (C=N–C) groups is 1. The van der Waals surface area contributed by atoms with E-state index >= 15 is 0 Å². The second kappa shape index (κ2) is 6.62. The molecule has 0 heterocycles. The summed E-state index contributed by atoms with van der Waals surface area (Å²) in [6.45, 7) is 6.29. The van der Waals surface area contributed by atoms with E-state index in [2.05, 4.69) is 50.0 Å². The van der Waals surface area contributed by atoms with Gasteiger partial charge in [-0.1, -0.05) is 47.7 Å². The molecule has 0 aliphatic heterocycles. The summed E-state index contributed by atoms with van der Waals surface area (Å²) >= 11 is 1.58. The van der Waals surface area contributed by atoms with Crippen molar-refractivity contribution in [3.05, 3.63) is 64.7 Å². The largest absolute Gasteiger partial charge is 0.378 e. The molecule has 2 nitrogen and oxygen atoms in total. The van der Waals surface area contributed by atoms with Gasteiger partial charge in [-0.2, -0.15) is 0 Å². The molecule has 0 amide bonds. The number of benzene rings is 2. The van der Waals surface area contributed by atoms with Gasteiger partial charge in [-0.05, 0) is 49.6 Å². The van der Waals surface area contributed by atoms with Crippen LogP contribution < -0.4 is 5.73 Å². The van der Waals surface area contributed by atoms with E-state index in [1.165, 1.54) is 22.3 Å². The minimum atomic E-state index is 0.608. The van der Waals surface area contributed by atoms with E-state index in [4.69, 9.17) is 5.73 Å². The third kappa shape index (κ3) is 4.14. The molecule has 2 aromatic carbocycles. The van der Waals surface area contributed by atoms with Crippen LogP contribution in [0, 0.1) is 20.8 Å². The summed E-state index contributed by atoms with van der Waals surface area (Å²) in [5, 5.41) is 0.608. The Kier molecular flexibility index (Phi) is 4.85. The number of amidine groups is 1. The molecular formula is C17H20N2S. The van der Waals surface area contributed by atoms with Gasteiger partial charge in [-0.25, -0.2) is 4.99 Å². The molecule has 2 aromatic rings. The van der Waals surface area contributed by atoms with Crippen molar-refractivity contribution in [2.24, 2.45) is 10.7 Å². The fourth-order valence-electron chi connectivity index (χ4n) is 1.96. The Morgan fingerprint density at radius 1 is 1.05 bits per heavy atom. The van der Waals surface area contributed by atoms with E-state index in [9.17, 15) is 0 Å². The number of nitrogens with zero attached hydrogens (tertiary/aromatic N) is 1. The zero-order valence-corrected chi connectivity index (χ0v) is 13.0. The van der Waals surface area contributed by atoms with Crippen molar-refractivity contribution in [1.82, 2.24) is 0 Å². The first-order valence-electron chi connectivity index (χ1n) is 6.64. The van der Waals surface area contributed by atoms with Gasteiger partial charge in [-0.15, -0.1) is 0 Å². The van der Waals surface area contributed by atoms with E-state index in [0.29, 0.717) is 5.17 Å². The number of rotatable bonds is 3. The van der Waals surface area contributed by atoms with Crippen LogP contribution in [-0.2, 0) is 5.75 Å². The lowest BCUT2D eigenvalue weighted by molar-refractivity contribution is 1.28. The van der Waals surface area contributed by atoms with Gasteiger partial charge >= 0.3 is 0 Å². The van der Waals surface area contributed by atoms with E-state index in [1.54, 1.807) is 11.8 Å². The maximum absolute atomic E-state index is 6.00. The predicted molar refractivity (Wildman–Crippen MR) is 89.7 cm³/mol. The van der Waals surface area contributed by atoms with Crippen LogP contribution in [0.1, 0.15) is 22.3 Å². The Labute approximate surface area is 125 Å². The molecule has 0 fully saturated rings. The van der Waals surface area contributed by atoms with Gasteiger partial charge in [0, 0.05) is 5.75 Å².